The molecule has 2 aliphatic rings. The first-order valence-electron chi connectivity index (χ1n) is 9.65. The van der Waals surface area contributed by atoms with E-state index in [1.54, 1.807) is 17.0 Å². The number of hydrogen-bond donors (Lipinski definition) is 1. The lowest BCUT2D eigenvalue weighted by molar-refractivity contribution is -0.173. The SMILES string of the molecule is C[C@@H]1CCC[C@@H](C)N1C(=O)c1nn2c(c1Cl)N[C@@H](c1cccs1)C[C@H]2C(F)(F)F. The second-order valence-electron chi connectivity index (χ2n) is 7.80. The maximum Gasteiger partial charge on any atom is 0.410 e. The third kappa shape index (κ3) is 3.63. The molecule has 4 rings (SSSR count). The second-order valence-corrected chi connectivity index (χ2v) is 9.16. The summed E-state index contributed by atoms with van der Waals surface area (Å²) in [4.78, 5) is 15.7. The molecular formula is C19H22ClF3N4OS. The molecule has 0 spiro atoms. The molecule has 2 aromatic heterocycles. The summed E-state index contributed by atoms with van der Waals surface area (Å²) >= 11 is 7.82. The van der Waals surface area contributed by atoms with Gasteiger partial charge in [0, 0.05) is 23.4 Å². The van der Waals surface area contributed by atoms with Crippen LogP contribution in [0.5, 0.6) is 0 Å². The van der Waals surface area contributed by atoms with Crippen molar-refractivity contribution in [1.29, 1.82) is 0 Å². The maximum atomic E-state index is 13.8. The van der Waals surface area contributed by atoms with Gasteiger partial charge in [-0.15, -0.1) is 11.3 Å². The number of fused-ring (bicyclic) bond motifs is 1. The largest absolute Gasteiger partial charge is 0.410 e. The van der Waals surface area contributed by atoms with Crippen LogP contribution in [0.2, 0.25) is 5.02 Å². The Morgan fingerprint density at radius 2 is 2.00 bits per heavy atom. The Bertz CT molecular complexity index is 888. The summed E-state index contributed by atoms with van der Waals surface area (Å²) in [7, 11) is 0. The van der Waals surface area contributed by atoms with Crippen molar-refractivity contribution in [1.82, 2.24) is 14.7 Å². The molecular weight excluding hydrogens is 425 g/mol. The van der Waals surface area contributed by atoms with Crippen molar-refractivity contribution in [2.45, 2.75) is 69.9 Å². The number of likely N-dealkylation sites (tertiary alicyclic amines) is 1. The molecule has 2 aliphatic heterocycles. The Kier molecular flexibility index (Phi) is 5.31. The van der Waals surface area contributed by atoms with Crippen LogP contribution in [-0.2, 0) is 0 Å². The zero-order valence-electron chi connectivity index (χ0n) is 16.0. The number of carbonyl (C=O) groups excluding carboxylic acids is 1. The van der Waals surface area contributed by atoms with Crippen LogP contribution in [-0.4, -0.2) is 38.8 Å². The van der Waals surface area contributed by atoms with Gasteiger partial charge in [-0.3, -0.25) is 4.79 Å². The summed E-state index contributed by atoms with van der Waals surface area (Å²) < 4.78 is 42.3. The third-order valence-electron chi connectivity index (χ3n) is 5.81. The van der Waals surface area contributed by atoms with Crippen LogP contribution in [0.3, 0.4) is 0 Å². The Hall–Kier alpha value is -1.74. The summed E-state index contributed by atoms with van der Waals surface area (Å²) in [5.41, 5.74) is -0.115. The summed E-state index contributed by atoms with van der Waals surface area (Å²) in [6.45, 7) is 3.89. The molecule has 0 saturated carbocycles. The van der Waals surface area contributed by atoms with Crippen LogP contribution < -0.4 is 5.32 Å². The standard InChI is InChI=1S/C19H22ClF3N4OS/c1-10-5-3-6-11(2)26(10)18(28)16-15(20)17-24-12(13-7-4-8-29-13)9-14(19(21,22)23)27(17)25-16/h4,7-8,10-12,14,24H,3,5-6,9H2,1-2H3/t10-,11-,12-,14+/m1/s1. The van der Waals surface area contributed by atoms with E-state index in [9.17, 15) is 18.0 Å². The smallest absolute Gasteiger partial charge is 0.361 e. The van der Waals surface area contributed by atoms with Crippen molar-refractivity contribution < 1.29 is 18.0 Å². The van der Waals surface area contributed by atoms with Gasteiger partial charge in [0.15, 0.2) is 11.7 Å². The van der Waals surface area contributed by atoms with Gasteiger partial charge in [0.05, 0.1) is 6.04 Å². The molecule has 0 aliphatic carbocycles. The first-order valence-corrected chi connectivity index (χ1v) is 10.9. The van der Waals surface area contributed by atoms with Crippen molar-refractivity contribution in [2.24, 2.45) is 0 Å². The van der Waals surface area contributed by atoms with E-state index in [2.05, 4.69) is 10.4 Å². The molecule has 158 valence electrons. The van der Waals surface area contributed by atoms with Gasteiger partial charge in [0.25, 0.3) is 5.91 Å². The van der Waals surface area contributed by atoms with Crippen LogP contribution >= 0.6 is 22.9 Å². The molecule has 1 N–H and O–H groups in total. The lowest BCUT2D eigenvalue weighted by Gasteiger charge is -2.38. The van der Waals surface area contributed by atoms with E-state index in [1.165, 1.54) is 11.3 Å². The molecule has 1 amide bonds. The van der Waals surface area contributed by atoms with Crippen LogP contribution in [0.1, 0.15) is 67.0 Å². The molecule has 2 aromatic rings. The van der Waals surface area contributed by atoms with Crippen LogP contribution in [0.4, 0.5) is 19.0 Å². The molecule has 4 atom stereocenters. The van der Waals surface area contributed by atoms with Crippen LogP contribution in [0, 0.1) is 0 Å². The van der Waals surface area contributed by atoms with E-state index in [0.29, 0.717) is 0 Å². The van der Waals surface area contributed by atoms with Crippen molar-refractivity contribution in [2.75, 3.05) is 5.32 Å². The normalized spacial score (nSPS) is 27.4. The number of rotatable bonds is 2. The van der Waals surface area contributed by atoms with Gasteiger partial charge < -0.3 is 10.2 Å². The first kappa shape index (κ1) is 20.5. The van der Waals surface area contributed by atoms with E-state index in [1.807, 2.05) is 19.2 Å². The zero-order valence-corrected chi connectivity index (χ0v) is 17.6. The van der Waals surface area contributed by atoms with Gasteiger partial charge in [-0.25, -0.2) is 4.68 Å². The fourth-order valence-corrected chi connectivity index (χ4v) is 5.40. The molecule has 4 heterocycles. The fourth-order valence-electron chi connectivity index (χ4n) is 4.35. The number of hydrogen-bond acceptors (Lipinski definition) is 4. The highest BCUT2D eigenvalue weighted by molar-refractivity contribution is 7.10. The Labute approximate surface area is 175 Å². The molecule has 0 unspecified atom stereocenters. The minimum absolute atomic E-state index is 0.00807. The number of aromatic nitrogens is 2. The maximum absolute atomic E-state index is 13.8. The van der Waals surface area contributed by atoms with E-state index in [4.69, 9.17) is 11.6 Å². The van der Waals surface area contributed by atoms with E-state index in [-0.39, 0.29) is 35.0 Å². The lowest BCUT2D eigenvalue weighted by Crippen LogP contribution is -2.47. The highest BCUT2D eigenvalue weighted by Crippen LogP contribution is 2.47. The van der Waals surface area contributed by atoms with Gasteiger partial charge in [-0.05, 0) is 44.6 Å². The Morgan fingerprint density at radius 1 is 1.31 bits per heavy atom. The predicted molar refractivity (Wildman–Crippen MR) is 107 cm³/mol. The number of nitrogens with zero attached hydrogens (tertiary/aromatic N) is 3. The zero-order chi connectivity index (χ0) is 20.9. The number of amides is 1. The highest BCUT2D eigenvalue weighted by Gasteiger charge is 2.48. The molecule has 0 radical (unpaired) electrons. The van der Waals surface area contributed by atoms with Gasteiger partial charge in [0.1, 0.15) is 10.8 Å². The number of nitrogens with one attached hydrogen (secondary N) is 1. The number of piperidine rings is 1. The summed E-state index contributed by atoms with van der Waals surface area (Å²) in [5, 5.41) is 8.93. The third-order valence-corrected chi connectivity index (χ3v) is 7.16. The topological polar surface area (TPSA) is 50.2 Å². The van der Waals surface area contributed by atoms with Crippen molar-refractivity contribution in [3.8, 4) is 0 Å². The number of thiophene rings is 1. The molecule has 0 bridgehead atoms. The fraction of sp³-hybridized carbons (Fsp3) is 0.579. The monoisotopic (exact) mass is 446 g/mol. The van der Waals surface area contributed by atoms with Gasteiger partial charge >= 0.3 is 6.18 Å². The molecule has 10 heteroatoms. The van der Waals surface area contributed by atoms with E-state index >= 15 is 0 Å². The highest BCUT2D eigenvalue weighted by atomic mass is 35.5. The Morgan fingerprint density at radius 3 is 2.59 bits per heavy atom. The quantitative estimate of drug-likeness (QED) is 0.647. The summed E-state index contributed by atoms with van der Waals surface area (Å²) in [5.74, 6) is -0.355. The number of anilines is 1. The average Bonchev–Trinajstić information content (AvgIpc) is 3.28. The molecule has 1 saturated heterocycles. The molecule has 0 aromatic carbocycles. The summed E-state index contributed by atoms with van der Waals surface area (Å²) in [6.07, 6.45) is -2.00. The van der Waals surface area contributed by atoms with Gasteiger partial charge in [-0.2, -0.15) is 18.3 Å². The lowest BCUT2D eigenvalue weighted by atomic mass is 9.97. The number of carbonyl (C=O) groups is 1. The van der Waals surface area contributed by atoms with E-state index < -0.39 is 24.2 Å². The van der Waals surface area contributed by atoms with Crippen LogP contribution in [0.15, 0.2) is 17.5 Å². The van der Waals surface area contributed by atoms with Crippen LogP contribution in [0.25, 0.3) is 0 Å². The average molecular weight is 447 g/mol. The van der Waals surface area contributed by atoms with Gasteiger partial charge in [0.2, 0.25) is 0 Å². The van der Waals surface area contributed by atoms with Crippen molar-refractivity contribution in [3.63, 3.8) is 0 Å². The van der Waals surface area contributed by atoms with E-state index in [0.717, 1.165) is 28.8 Å². The second kappa shape index (κ2) is 7.50. The van der Waals surface area contributed by atoms with Crippen molar-refractivity contribution in [3.05, 3.63) is 33.1 Å². The summed E-state index contributed by atoms with van der Waals surface area (Å²) in [6, 6.07) is 1.18. The van der Waals surface area contributed by atoms with Gasteiger partial charge in [-0.1, -0.05) is 17.7 Å². The molecule has 1 fully saturated rings. The predicted octanol–water partition coefficient (Wildman–Crippen LogP) is 5.66. The molecule has 5 nitrogen and oxygen atoms in total. The number of halogens is 4. The Balaban J connectivity index is 1.74. The van der Waals surface area contributed by atoms with Crippen molar-refractivity contribution >= 4 is 34.7 Å². The minimum Gasteiger partial charge on any atom is -0.361 e. The first-order chi connectivity index (χ1) is 13.7. The molecule has 29 heavy (non-hydrogen) atoms. The number of alkyl halides is 3. The minimum atomic E-state index is -4.51.